The van der Waals surface area contributed by atoms with E-state index in [0.29, 0.717) is 12.1 Å². The van der Waals surface area contributed by atoms with Gasteiger partial charge in [-0.1, -0.05) is 12.1 Å². The number of hydrogen-bond acceptors (Lipinski definition) is 3. The number of nitrogens with two attached hydrogens (primary N) is 1. The quantitative estimate of drug-likeness (QED) is 0.910. The van der Waals surface area contributed by atoms with Gasteiger partial charge in [0.05, 0.1) is 11.3 Å². The number of fused-ring (bicyclic) bond motifs is 1. The molecule has 20 heavy (non-hydrogen) atoms. The van der Waals surface area contributed by atoms with Crippen LogP contribution < -0.4 is 10.6 Å². The van der Waals surface area contributed by atoms with E-state index in [1.54, 1.807) is 6.07 Å². The molecule has 0 radical (unpaired) electrons. The van der Waals surface area contributed by atoms with E-state index in [0.717, 1.165) is 35.5 Å². The predicted molar refractivity (Wildman–Crippen MR) is 76.2 cm³/mol. The normalized spacial score (nSPS) is 13.2. The van der Waals surface area contributed by atoms with Crippen LogP contribution in [0.15, 0.2) is 36.4 Å². The smallest absolute Gasteiger partial charge is 0.125 e. The Hall–Kier alpha value is -2.38. The number of nitrogens with zero attached hydrogens (tertiary/aromatic N) is 2. The zero-order valence-corrected chi connectivity index (χ0v) is 10.9. The van der Waals surface area contributed by atoms with Crippen LogP contribution in [0, 0.1) is 17.1 Å². The molecule has 0 aromatic heterocycles. The van der Waals surface area contributed by atoms with Crippen molar-refractivity contribution in [1.82, 2.24) is 0 Å². The van der Waals surface area contributed by atoms with Crippen molar-refractivity contribution in [2.75, 3.05) is 11.4 Å². The summed E-state index contributed by atoms with van der Waals surface area (Å²) >= 11 is 0. The molecule has 0 unspecified atom stereocenters. The van der Waals surface area contributed by atoms with Crippen LogP contribution in [0.2, 0.25) is 0 Å². The first-order valence-electron chi connectivity index (χ1n) is 6.52. The maximum atomic E-state index is 13.4. The summed E-state index contributed by atoms with van der Waals surface area (Å²) in [4.78, 5) is 2.00. The van der Waals surface area contributed by atoms with Crippen LogP contribution >= 0.6 is 0 Å². The van der Waals surface area contributed by atoms with Crippen LogP contribution in [0.3, 0.4) is 0 Å². The highest BCUT2D eigenvalue weighted by Crippen LogP contribution is 2.36. The Morgan fingerprint density at radius 3 is 2.80 bits per heavy atom. The lowest BCUT2D eigenvalue weighted by molar-refractivity contribution is 0.628. The van der Waals surface area contributed by atoms with Crippen molar-refractivity contribution in [1.29, 1.82) is 5.26 Å². The van der Waals surface area contributed by atoms with Crippen LogP contribution in [0.5, 0.6) is 0 Å². The number of halogens is 1. The average Bonchev–Trinajstić information content (AvgIpc) is 2.89. The second-order valence-corrected chi connectivity index (χ2v) is 4.84. The SMILES string of the molecule is N#Cc1cc(CN)ccc1N1CCc2ccc(F)cc21. The predicted octanol–water partition coefficient (Wildman–Crippen LogP) is 2.85. The molecule has 2 N–H and O–H groups in total. The summed E-state index contributed by atoms with van der Waals surface area (Å²) in [6.45, 7) is 1.16. The number of hydrogen-bond donors (Lipinski definition) is 1. The van der Waals surface area contributed by atoms with Crippen molar-refractivity contribution < 1.29 is 4.39 Å². The zero-order valence-electron chi connectivity index (χ0n) is 10.9. The third-order valence-corrected chi connectivity index (χ3v) is 3.65. The second-order valence-electron chi connectivity index (χ2n) is 4.84. The zero-order chi connectivity index (χ0) is 14.1. The van der Waals surface area contributed by atoms with Crippen molar-refractivity contribution in [3.05, 3.63) is 58.9 Å². The Morgan fingerprint density at radius 2 is 2.05 bits per heavy atom. The monoisotopic (exact) mass is 267 g/mol. The largest absolute Gasteiger partial charge is 0.340 e. The molecule has 0 spiro atoms. The van der Waals surface area contributed by atoms with E-state index >= 15 is 0 Å². The van der Waals surface area contributed by atoms with Crippen LogP contribution in [0.1, 0.15) is 16.7 Å². The lowest BCUT2D eigenvalue weighted by atomic mass is 10.1. The van der Waals surface area contributed by atoms with Crippen molar-refractivity contribution in [3.63, 3.8) is 0 Å². The third-order valence-electron chi connectivity index (χ3n) is 3.65. The molecule has 0 atom stereocenters. The summed E-state index contributed by atoms with van der Waals surface area (Å²) in [6.07, 6.45) is 0.860. The summed E-state index contributed by atoms with van der Waals surface area (Å²) in [5.74, 6) is -0.257. The summed E-state index contributed by atoms with van der Waals surface area (Å²) < 4.78 is 13.4. The van der Waals surface area contributed by atoms with Crippen molar-refractivity contribution in [2.45, 2.75) is 13.0 Å². The van der Waals surface area contributed by atoms with E-state index in [4.69, 9.17) is 5.73 Å². The first kappa shape index (κ1) is 12.6. The summed E-state index contributed by atoms with van der Waals surface area (Å²) in [5.41, 5.74) is 9.87. The van der Waals surface area contributed by atoms with Crippen LogP contribution in [0.25, 0.3) is 0 Å². The van der Waals surface area contributed by atoms with E-state index in [2.05, 4.69) is 6.07 Å². The number of rotatable bonds is 2. The minimum Gasteiger partial charge on any atom is -0.340 e. The molecule has 1 aliphatic heterocycles. The molecule has 3 nitrogen and oxygen atoms in total. The fraction of sp³-hybridized carbons (Fsp3) is 0.188. The van der Waals surface area contributed by atoms with Crippen LogP contribution in [-0.2, 0) is 13.0 Å². The lowest BCUT2D eigenvalue weighted by Gasteiger charge is -2.21. The van der Waals surface area contributed by atoms with Gasteiger partial charge in [0.25, 0.3) is 0 Å². The highest BCUT2D eigenvalue weighted by atomic mass is 19.1. The van der Waals surface area contributed by atoms with Crippen molar-refractivity contribution in [2.24, 2.45) is 5.73 Å². The second kappa shape index (κ2) is 4.95. The van der Waals surface area contributed by atoms with Crippen molar-refractivity contribution in [3.8, 4) is 6.07 Å². The fourth-order valence-electron chi connectivity index (χ4n) is 2.64. The first-order valence-corrected chi connectivity index (χ1v) is 6.52. The van der Waals surface area contributed by atoms with Gasteiger partial charge in [-0.25, -0.2) is 4.39 Å². The molecule has 0 fully saturated rings. The van der Waals surface area contributed by atoms with Crippen LogP contribution in [0.4, 0.5) is 15.8 Å². The molecule has 2 aromatic carbocycles. The molecule has 0 saturated heterocycles. The molecule has 0 bridgehead atoms. The minimum absolute atomic E-state index is 0.257. The Kier molecular flexibility index (Phi) is 3.13. The molecule has 1 heterocycles. The molecule has 0 saturated carbocycles. The molecule has 2 aromatic rings. The highest BCUT2D eigenvalue weighted by molar-refractivity contribution is 5.74. The molecule has 0 amide bonds. The number of nitriles is 1. The van der Waals surface area contributed by atoms with E-state index in [9.17, 15) is 9.65 Å². The maximum absolute atomic E-state index is 13.4. The molecule has 3 rings (SSSR count). The summed E-state index contributed by atoms with van der Waals surface area (Å²) in [7, 11) is 0. The Morgan fingerprint density at radius 1 is 1.20 bits per heavy atom. The van der Waals surface area contributed by atoms with Gasteiger partial charge in [0.1, 0.15) is 11.9 Å². The van der Waals surface area contributed by atoms with Crippen molar-refractivity contribution >= 4 is 11.4 Å². The fourth-order valence-corrected chi connectivity index (χ4v) is 2.64. The Labute approximate surface area is 117 Å². The van der Waals surface area contributed by atoms with Gasteiger partial charge < -0.3 is 10.6 Å². The summed E-state index contributed by atoms with van der Waals surface area (Å²) in [5, 5.41) is 9.31. The van der Waals surface area contributed by atoms with Gasteiger partial charge in [0.2, 0.25) is 0 Å². The Balaban J connectivity index is 2.08. The van der Waals surface area contributed by atoms with E-state index < -0.39 is 0 Å². The van der Waals surface area contributed by atoms with E-state index in [-0.39, 0.29) is 5.82 Å². The lowest BCUT2D eigenvalue weighted by Crippen LogP contribution is -2.15. The molecular weight excluding hydrogens is 253 g/mol. The van der Waals surface area contributed by atoms with E-state index in [1.807, 2.05) is 23.1 Å². The Bertz CT molecular complexity index is 703. The molecule has 100 valence electrons. The van der Waals surface area contributed by atoms with Crippen LogP contribution in [-0.4, -0.2) is 6.54 Å². The molecule has 0 aliphatic carbocycles. The molecule has 1 aliphatic rings. The first-order chi connectivity index (χ1) is 9.72. The highest BCUT2D eigenvalue weighted by Gasteiger charge is 2.23. The van der Waals surface area contributed by atoms with Gasteiger partial charge >= 0.3 is 0 Å². The topological polar surface area (TPSA) is 53.1 Å². The van der Waals surface area contributed by atoms with Gasteiger partial charge in [-0.15, -0.1) is 0 Å². The maximum Gasteiger partial charge on any atom is 0.125 e. The van der Waals surface area contributed by atoms with Gasteiger partial charge in [-0.05, 0) is 41.8 Å². The molecular formula is C16H14FN3. The third kappa shape index (κ3) is 2.02. The number of anilines is 2. The van der Waals surface area contributed by atoms with Gasteiger partial charge in [0.15, 0.2) is 0 Å². The standard InChI is InChI=1S/C16H14FN3/c17-14-3-2-12-5-6-20(16(12)8-14)15-4-1-11(9-18)7-13(15)10-19/h1-4,7-8H,5-6,9,18H2. The summed E-state index contributed by atoms with van der Waals surface area (Å²) in [6, 6.07) is 12.6. The van der Waals surface area contributed by atoms with Gasteiger partial charge in [-0.2, -0.15) is 5.26 Å². The van der Waals surface area contributed by atoms with Gasteiger partial charge in [-0.3, -0.25) is 0 Å². The number of benzene rings is 2. The van der Waals surface area contributed by atoms with E-state index in [1.165, 1.54) is 12.1 Å². The molecule has 4 heteroatoms. The van der Waals surface area contributed by atoms with Gasteiger partial charge in [0, 0.05) is 18.8 Å². The minimum atomic E-state index is -0.257. The average molecular weight is 267 g/mol.